The number of fused-ring (bicyclic) bond motifs is 1. The van der Waals surface area contributed by atoms with Gasteiger partial charge in [0.2, 0.25) is 0 Å². The number of rotatable bonds is 2. The second kappa shape index (κ2) is 5.43. The topological polar surface area (TPSA) is 50.2 Å². The number of nitrogens with zero attached hydrogens (tertiary/aromatic N) is 1. The van der Waals surface area contributed by atoms with E-state index in [9.17, 15) is 9.90 Å². The summed E-state index contributed by atoms with van der Waals surface area (Å²) in [5, 5.41) is 10.7. The number of hydrogen-bond donors (Lipinski definition) is 1. The molecule has 0 unspecified atom stereocenters. The molecule has 22 heavy (non-hydrogen) atoms. The van der Waals surface area contributed by atoms with Gasteiger partial charge in [0, 0.05) is 16.0 Å². The molecule has 0 saturated carbocycles. The van der Waals surface area contributed by atoms with E-state index >= 15 is 0 Å². The lowest BCUT2D eigenvalue weighted by molar-refractivity contribution is 0.0699. The number of carboxylic acid groups (broad SMARTS) is 1. The highest BCUT2D eigenvalue weighted by atomic mass is 35.5. The molecule has 0 bridgehead atoms. The van der Waals surface area contributed by atoms with Crippen LogP contribution in [-0.2, 0) is 0 Å². The van der Waals surface area contributed by atoms with Gasteiger partial charge in [0.25, 0.3) is 0 Å². The lowest BCUT2D eigenvalue weighted by Gasteiger charge is -2.10. The van der Waals surface area contributed by atoms with Gasteiger partial charge in [-0.3, -0.25) is 0 Å². The van der Waals surface area contributed by atoms with Gasteiger partial charge in [-0.15, -0.1) is 0 Å². The third-order valence-corrected chi connectivity index (χ3v) is 4.16. The molecule has 0 spiro atoms. The van der Waals surface area contributed by atoms with Gasteiger partial charge in [0.15, 0.2) is 0 Å². The Hall–Kier alpha value is -2.39. The predicted octanol–water partition coefficient (Wildman–Crippen LogP) is 4.87. The predicted molar refractivity (Wildman–Crippen MR) is 88.6 cm³/mol. The van der Waals surface area contributed by atoms with E-state index in [2.05, 4.69) is 4.98 Å². The Morgan fingerprint density at radius 1 is 1.09 bits per heavy atom. The molecular formula is C18H14ClNO2. The van der Waals surface area contributed by atoms with Crippen LogP contribution in [0.3, 0.4) is 0 Å². The van der Waals surface area contributed by atoms with E-state index in [1.165, 1.54) is 0 Å². The van der Waals surface area contributed by atoms with Crippen molar-refractivity contribution in [3.63, 3.8) is 0 Å². The van der Waals surface area contributed by atoms with E-state index in [4.69, 9.17) is 11.6 Å². The van der Waals surface area contributed by atoms with Gasteiger partial charge in [-0.25, -0.2) is 9.78 Å². The summed E-state index contributed by atoms with van der Waals surface area (Å²) in [7, 11) is 0. The fraction of sp³-hybridized carbons (Fsp3) is 0.111. The van der Waals surface area contributed by atoms with Crippen LogP contribution < -0.4 is 0 Å². The number of hydrogen-bond acceptors (Lipinski definition) is 2. The molecule has 110 valence electrons. The molecule has 0 aliphatic carbocycles. The summed E-state index contributed by atoms with van der Waals surface area (Å²) in [5.74, 6) is -0.970. The second-order valence-electron chi connectivity index (χ2n) is 5.29. The van der Waals surface area contributed by atoms with Crippen molar-refractivity contribution in [2.45, 2.75) is 13.8 Å². The maximum absolute atomic E-state index is 11.6. The summed E-state index contributed by atoms with van der Waals surface area (Å²) in [6.07, 6.45) is 0. The molecule has 4 heteroatoms. The first kappa shape index (κ1) is 14.5. The van der Waals surface area contributed by atoms with E-state index in [0.717, 1.165) is 16.7 Å². The number of carbonyl (C=O) groups is 1. The molecule has 0 atom stereocenters. The van der Waals surface area contributed by atoms with Gasteiger partial charge in [0.1, 0.15) is 0 Å². The van der Waals surface area contributed by atoms with E-state index in [0.29, 0.717) is 21.6 Å². The molecule has 0 saturated heterocycles. The fourth-order valence-electron chi connectivity index (χ4n) is 2.45. The SMILES string of the molecule is Cc1ccc(-c2cc(C(=O)O)c3ccc(Cl)c(C)c3n2)cc1. The lowest BCUT2D eigenvalue weighted by Crippen LogP contribution is -2.01. The minimum atomic E-state index is -0.970. The van der Waals surface area contributed by atoms with Gasteiger partial charge in [-0.2, -0.15) is 0 Å². The number of halogens is 1. The van der Waals surface area contributed by atoms with E-state index in [1.807, 2.05) is 38.1 Å². The van der Waals surface area contributed by atoms with Crippen molar-refractivity contribution in [1.29, 1.82) is 0 Å². The van der Waals surface area contributed by atoms with Crippen molar-refractivity contribution in [3.05, 3.63) is 64.2 Å². The number of aryl methyl sites for hydroxylation is 2. The number of pyridine rings is 1. The number of carboxylic acids is 1. The molecule has 0 radical (unpaired) electrons. The largest absolute Gasteiger partial charge is 0.478 e. The van der Waals surface area contributed by atoms with Crippen molar-refractivity contribution in [2.24, 2.45) is 0 Å². The van der Waals surface area contributed by atoms with Crippen LogP contribution in [0.15, 0.2) is 42.5 Å². The Kier molecular flexibility index (Phi) is 3.59. The molecule has 1 heterocycles. The lowest BCUT2D eigenvalue weighted by atomic mass is 10.0. The van der Waals surface area contributed by atoms with Crippen LogP contribution in [0.1, 0.15) is 21.5 Å². The molecule has 0 aliphatic rings. The maximum atomic E-state index is 11.6. The summed E-state index contributed by atoms with van der Waals surface area (Å²) < 4.78 is 0. The molecule has 3 aromatic rings. The molecule has 3 rings (SSSR count). The third kappa shape index (κ3) is 2.44. The first-order valence-electron chi connectivity index (χ1n) is 6.87. The number of aromatic nitrogens is 1. The minimum absolute atomic E-state index is 0.236. The normalized spacial score (nSPS) is 10.9. The maximum Gasteiger partial charge on any atom is 0.336 e. The average molecular weight is 312 g/mol. The monoisotopic (exact) mass is 311 g/mol. The summed E-state index contributed by atoms with van der Waals surface area (Å²) in [6, 6.07) is 12.9. The number of aromatic carboxylic acids is 1. The van der Waals surface area contributed by atoms with Crippen molar-refractivity contribution < 1.29 is 9.90 Å². The molecule has 1 N–H and O–H groups in total. The Bertz CT molecular complexity index is 886. The average Bonchev–Trinajstić information content (AvgIpc) is 2.51. The van der Waals surface area contributed by atoms with Crippen LogP contribution in [0.2, 0.25) is 5.02 Å². The summed E-state index contributed by atoms with van der Waals surface area (Å²) in [5.41, 5.74) is 4.31. The summed E-state index contributed by atoms with van der Waals surface area (Å²) in [6.45, 7) is 3.85. The highest BCUT2D eigenvalue weighted by molar-refractivity contribution is 6.32. The zero-order valence-electron chi connectivity index (χ0n) is 12.2. The van der Waals surface area contributed by atoms with E-state index in [-0.39, 0.29) is 5.56 Å². The van der Waals surface area contributed by atoms with Gasteiger partial charge in [-0.05, 0) is 31.5 Å². The fourth-order valence-corrected chi connectivity index (χ4v) is 2.61. The molecule has 0 fully saturated rings. The molecule has 1 aromatic heterocycles. The van der Waals surface area contributed by atoms with E-state index in [1.54, 1.807) is 18.2 Å². The third-order valence-electron chi connectivity index (χ3n) is 3.75. The van der Waals surface area contributed by atoms with Gasteiger partial charge in [-0.1, -0.05) is 47.5 Å². The van der Waals surface area contributed by atoms with Crippen molar-refractivity contribution in [1.82, 2.24) is 4.98 Å². The number of benzene rings is 2. The molecular weight excluding hydrogens is 298 g/mol. The Morgan fingerprint density at radius 2 is 1.77 bits per heavy atom. The van der Waals surface area contributed by atoms with Crippen molar-refractivity contribution in [3.8, 4) is 11.3 Å². The Morgan fingerprint density at radius 3 is 2.41 bits per heavy atom. The zero-order chi connectivity index (χ0) is 15.9. The molecule has 0 aliphatic heterocycles. The minimum Gasteiger partial charge on any atom is -0.478 e. The highest BCUT2D eigenvalue weighted by Gasteiger charge is 2.15. The molecule has 0 amide bonds. The van der Waals surface area contributed by atoms with Crippen molar-refractivity contribution >= 4 is 28.5 Å². The standard InChI is InChI=1S/C18H14ClNO2/c1-10-3-5-12(6-4-10)16-9-14(18(21)22)13-7-8-15(19)11(2)17(13)20-16/h3-9H,1-2H3,(H,21,22). The summed E-state index contributed by atoms with van der Waals surface area (Å²) in [4.78, 5) is 16.2. The zero-order valence-corrected chi connectivity index (χ0v) is 13.0. The van der Waals surface area contributed by atoms with Gasteiger partial charge < -0.3 is 5.11 Å². The van der Waals surface area contributed by atoms with Gasteiger partial charge >= 0.3 is 5.97 Å². The first-order chi connectivity index (χ1) is 10.5. The highest BCUT2D eigenvalue weighted by Crippen LogP contribution is 2.30. The van der Waals surface area contributed by atoms with Crippen LogP contribution in [0.4, 0.5) is 0 Å². The first-order valence-corrected chi connectivity index (χ1v) is 7.25. The van der Waals surface area contributed by atoms with E-state index < -0.39 is 5.97 Å². The smallest absolute Gasteiger partial charge is 0.336 e. The molecule has 3 nitrogen and oxygen atoms in total. The van der Waals surface area contributed by atoms with Crippen LogP contribution in [0.5, 0.6) is 0 Å². The Balaban J connectivity index is 2.35. The quantitative estimate of drug-likeness (QED) is 0.734. The van der Waals surface area contributed by atoms with Crippen LogP contribution >= 0.6 is 11.6 Å². The Labute approximate surface area is 133 Å². The van der Waals surface area contributed by atoms with Crippen LogP contribution in [0.25, 0.3) is 22.2 Å². The van der Waals surface area contributed by atoms with Gasteiger partial charge in [0.05, 0.1) is 16.8 Å². The van der Waals surface area contributed by atoms with Crippen LogP contribution in [-0.4, -0.2) is 16.1 Å². The van der Waals surface area contributed by atoms with Crippen LogP contribution in [0, 0.1) is 13.8 Å². The summed E-state index contributed by atoms with van der Waals surface area (Å²) >= 11 is 6.15. The second-order valence-corrected chi connectivity index (χ2v) is 5.70. The van der Waals surface area contributed by atoms with Crippen molar-refractivity contribution in [2.75, 3.05) is 0 Å². The molecule has 2 aromatic carbocycles.